The van der Waals surface area contributed by atoms with E-state index in [-0.39, 0.29) is 17.7 Å². The fourth-order valence-electron chi connectivity index (χ4n) is 3.86. The Morgan fingerprint density at radius 2 is 1.88 bits per heavy atom. The van der Waals surface area contributed by atoms with Gasteiger partial charge < -0.3 is 15.5 Å². The molecule has 2 amide bonds. The summed E-state index contributed by atoms with van der Waals surface area (Å²) < 4.78 is 0. The molecule has 2 bridgehead atoms. The Morgan fingerprint density at radius 1 is 1.16 bits per heavy atom. The molecule has 1 aromatic carbocycles. The number of rotatable bonds is 5. The summed E-state index contributed by atoms with van der Waals surface area (Å²) in [6, 6.07) is 10.2. The van der Waals surface area contributed by atoms with E-state index in [1.807, 2.05) is 49.1 Å². The van der Waals surface area contributed by atoms with Crippen molar-refractivity contribution in [2.45, 2.75) is 57.7 Å². The molecule has 2 aliphatic rings. The van der Waals surface area contributed by atoms with E-state index in [9.17, 15) is 9.59 Å². The molecular formula is C20H29N3O2. The number of likely N-dealkylation sites (tertiary alicyclic amines) is 1. The molecule has 5 heteroatoms. The van der Waals surface area contributed by atoms with Crippen LogP contribution in [0.25, 0.3) is 0 Å². The number of fused-ring (bicyclic) bond motifs is 2. The van der Waals surface area contributed by atoms with Gasteiger partial charge in [-0.1, -0.05) is 44.2 Å². The van der Waals surface area contributed by atoms with Gasteiger partial charge in [-0.15, -0.1) is 0 Å². The lowest BCUT2D eigenvalue weighted by atomic mass is 10.0. The molecule has 3 unspecified atom stereocenters. The summed E-state index contributed by atoms with van der Waals surface area (Å²) in [4.78, 5) is 27.4. The Bertz CT molecular complexity index is 602. The lowest BCUT2D eigenvalue weighted by molar-refractivity contribution is -0.137. The number of carbonyl (C=O) groups is 2. The van der Waals surface area contributed by atoms with Crippen molar-refractivity contribution < 1.29 is 9.59 Å². The van der Waals surface area contributed by atoms with Gasteiger partial charge in [-0.05, 0) is 30.7 Å². The van der Waals surface area contributed by atoms with Crippen LogP contribution in [-0.2, 0) is 16.0 Å². The average Bonchev–Trinajstić information content (AvgIpc) is 2.91. The van der Waals surface area contributed by atoms with Gasteiger partial charge in [0, 0.05) is 25.2 Å². The Hall–Kier alpha value is -1.88. The Kier molecular flexibility index (Phi) is 5.74. The number of hydrogen-bond donors (Lipinski definition) is 2. The number of benzene rings is 1. The van der Waals surface area contributed by atoms with E-state index in [1.165, 1.54) is 6.42 Å². The molecule has 3 atom stereocenters. The molecule has 0 radical (unpaired) electrons. The molecule has 0 aromatic heterocycles. The molecule has 5 nitrogen and oxygen atoms in total. The van der Waals surface area contributed by atoms with Crippen LogP contribution in [0.15, 0.2) is 30.3 Å². The predicted molar refractivity (Wildman–Crippen MR) is 98.1 cm³/mol. The standard InChI is InChI=1S/C20H29N3O2/c1-14(2)19(22-18(24)12-15-6-4-3-5-7-15)20(25)23-11-10-16-8-9-17(13-23)21-16/h3-7,14,16-17,19,21H,8-13H2,1-2H3,(H,22,24). The second-order valence-corrected chi connectivity index (χ2v) is 7.66. The molecule has 2 fully saturated rings. The summed E-state index contributed by atoms with van der Waals surface area (Å²) in [6.45, 7) is 5.53. The zero-order valence-corrected chi connectivity index (χ0v) is 15.2. The Balaban J connectivity index is 1.61. The molecule has 3 rings (SSSR count). The van der Waals surface area contributed by atoms with Crippen molar-refractivity contribution in [2.75, 3.05) is 13.1 Å². The van der Waals surface area contributed by atoms with Gasteiger partial charge in [0.1, 0.15) is 6.04 Å². The lowest BCUT2D eigenvalue weighted by Gasteiger charge is -2.30. The first-order valence-electron chi connectivity index (χ1n) is 9.41. The smallest absolute Gasteiger partial charge is 0.245 e. The minimum Gasteiger partial charge on any atom is -0.344 e. The van der Waals surface area contributed by atoms with Crippen LogP contribution >= 0.6 is 0 Å². The van der Waals surface area contributed by atoms with Crippen LogP contribution in [0.1, 0.15) is 38.7 Å². The molecule has 0 saturated carbocycles. The van der Waals surface area contributed by atoms with Crippen molar-refractivity contribution >= 4 is 11.8 Å². The first-order chi connectivity index (χ1) is 12.0. The average molecular weight is 343 g/mol. The van der Waals surface area contributed by atoms with Gasteiger partial charge in [0.15, 0.2) is 0 Å². The maximum atomic E-state index is 13.0. The number of hydrogen-bond acceptors (Lipinski definition) is 3. The Labute approximate surface area is 150 Å². The molecule has 0 aliphatic carbocycles. The fraction of sp³-hybridized carbons (Fsp3) is 0.600. The molecule has 0 spiro atoms. The molecule has 2 aliphatic heterocycles. The van der Waals surface area contributed by atoms with Crippen molar-refractivity contribution in [1.82, 2.24) is 15.5 Å². The summed E-state index contributed by atoms with van der Waals surface area (Å²) in [5.74, 6) is 0.0408. The van der Waals surface area contributed by atoms with Crippen LogP contribution < -0.4 is 10.6 Å². The SMILES string of the molecule is CC(C)C(NC(=O)Cc1ccccc1)C(=O)N1CCC2CCC(C1)N2. The zero-order valence-electron chi connectivity index (χ0n) is 15.2. The quantitative estimate of drug-likeness (QED) is 0.856. The van der Waals surface area contributed by atoms with Crippen LogP contribution in [0.3, 0.4) is 0 Å². The molecule has 2 N–H and O–H groups in total. The van der Waals surface area contributed by atoms with Crippen LogP contribution in [-0.4, -0.2) is 47.9 Å². The van der Waals surface area contributed by atoms with Gasteiger partial charge >= 0.3 is 0 Å². The number of nitrogens with zero attached hydrogens (tertiary/aromatic N) is 1. The van der Waals surface area contributed by atoms with E-state index < -0.39 is 6.04 Å². The molecule has 136 valence electrons. The van der Waals surface area contributed by atoms with E-state index in [0.717, 1.165) is 31.5 Å². The molecule has 25 heavy (non-hydrogen) atoms. The second-order valence-electron chi connectivity index (χ2n) is 7.66. The third kappa shape index (κ3) is 4.60. The molecular weight excluding hydrogens is 314 g/mol. The van der Waals surface area contributed by atoms with E-state index in [0.29, 0.717) is 18.5 Å². The summed E-state index contributed by atoms with van der Waals surface area (Å²) in [6.07, 6.45) is 3.67. The molecule has 2 heterocycles. The zero-order chi connectivity index (χ0) is 17.8. The summed E-state index contributed by atoms with van der Waals surface area (Å²) in [7, 11) is 0. The van der Waals surface area contributed by atoms with E-state index >= 15 is 0 Å². The van der Waals surface area contributed by atoms with Crippen molar-refractivity contribution in [2.24, 2.45) is 5.92 Å². The van der Waals surface area contributed by atoms with Gasteiger partial charge in [-0.25, -0.2) is 0 Å². The van der Waals surface area contributed by atoms with Crippen LogP contribution in [0, 0.1) is 5.92 Å². The summed E-state index contributed by atoms with van der Waals surface area (Å²) in [5, 5.41) is 6.57. The summed E-state index contributed by atoms with van der Waals surface area (Å²) in [5.41, 5.74) is 0.964. The van der Waals surface area contributed by atoms with Gasteiger partial charge in [0.25, 0.3) is 0 Å². The van der Waals surface area contributed by atoms with Crippen molar-refractivity contribution in [1.29, 1.82) is 0 Å². The normalized spacial score (nSPS) is 24.0. The fourth-order valence-corrected chi connectivity index (χ4v) is 3.86. The number of carbonyl (C=O) groups excluding carboxylic acids is 2. The molecule has 1 aromatic rings. The monoisotopic (exact) mass is 343 g/mol. The van der Waals surface area contributed by atoms with Crippen molar-refractivity contribution in [3.05, 3.63) is 35.9 Å². The van der Waals surface area contributed by atoms with E-state index in [4.69, 9.17) is 0 Å². The minimum absolute atomic E-state index is 0.0609. The van der Waals surface area contributed by atoms with E-state index in [1.54, 1.807) is 0 Å². The van der Waals surface area contributed by atoms with E-state index in [2.05, 4.69) is 10.6 Å². The second kappa shape index (κ2) is 8.00. The predicted octanol–water partition coefficient (Wildman–Crippen LogP) is 1.72. The lowest BCUT2D eigenvalue weighted by Crippen LogP contribution is -2.53. The maximum Gasteiger partial charge on any atom is 0.245 e. The van der Waals surface area contributed by atoms with Gasteiger partial charge in [0.2, 0.25) is 11.8 Å². The third-order valence-electron chi connectivity index (χ3n) is 5.29. The van der Waals surface area contributed by atoms with Crippen LogP contribution in [0.2, 0.25) is 0 Å². The first-order valence-corrected chi connectivity index (χ1v) is 9.41. The largest absolute Gasteiger partial charge is 0.344 e. The number of nitrogens with one attached hydrogen (secondary N) is 2. The van der Waals surface area contributed by atoms with Gasteiger partial charge in [0.05, 0.1) is 6.42 Å². The van der Waals surface area contributed by atoms with Crippen LogP contribution in [0.5, 0.6) is 0 Å². The Morgan fingerprint density at radius 3 is 2.60 bits per heavy atom. The minimum atomic E-state index is -0.451. The first kappa shape index (κ1) is 17.9. The van der Waals surface area contributed by atoms with Gasteiger partial charge in [-0.3, -0.25) is 9.59 Å². The number of amides is 2. The van der Waals surface area contributed by atoms with Crippen molar-refractivity contribution in [3.8, 4) is 0 Å². The highest BCUT2D eigenvalue weighted by atomic mass is 16.2. The highest BCUT2D eigenvalue weighted by Crippen LogP contribution is 2.21. The highest BCUT2D eigenvalue weighted by Gasteiger charge is 2.35. The third-order valence-corrected chi connectivity index (χ3v) is 5.29. The van der Waals surface area contributed by atoms with Crippen LogP contribution in [0.4, 0.5) is 0 Å². The van der Waals surface area contributed by atoms with Crippen molar-refractivity contribution in [3.63, 3.8) is 0 Å². The highest BCUT2D eigenvalue weighted by molar-refractivity contribution is 5.88. The molecule has 2 saturated heterocycles. The topological polar surface area (TPSA) is 61.4 Å². The maximum absolute atomic E-state index is 13.0. The van der Waals surface area contributed by atoms with Gasteiger partial charge in [-0.2, -0.15) is 0 Å². The summed E-state index contributed by atoms with van der Waals surface area (Å²) >= 11 is 0.